The maximum absolute atomic E-state index is 12.6. The predicted octanol–water partition coefficient (Wildman–Crippen LogP) is 4.00. The molecule has 0 unspecified atom stereocenters. The Balaban J connectivity index is 1.51. The maximum Gasteiger partial charge on any atom is 0.253 e. The number of nitrogens with one attached hydrogen (secondary N) is 3. The first-order chi connectivity index (χ1) is 13.2. The number of rotatable bonds is 6. The van der Waals surface area contributed by atoms with E-state index < -0.39 is 0 Å². The van der Waals surface area contributed by atoms with E-state index in [1.165, 1.54) is 44.9 Å². The number of benzene rings is 1. The Labute approximate surface area is 162 Å². The van der Waals surface area contributed by atoms with Crippen LogP contribution >= 0.6 is 0 Å². The molecule has 2 aliphatic carbocycles. The molecule has 1 aromatic rings. The number of anilines is 1. The molecular formula is C22H33N3O2. The molecule has 2 fully saturated rings. The van der Waals surface area contributed by atoms with Crippen LogP contribution in [0.5, 0.6) is 0 Å². The topological polar surface area (TPSA) is 70.2 Å². The summed E-state index contributed by atoms with van der Waals surface area (Å²) in [5.41, 5.74) is 1.14. The van der Waals surface area contributed by atoms with Crippen LogP contribution in [0.15, 0.2) is 24.3 Å². The Morgan fingerprint density at radius 1 is 0.815 bits per heavy atom. The monoisotopic (exact) mass is 371 g/mol. The normalized spacial score (nSPS) is 19.3. The van der Waals surface area contributed by atoms with Crippen molar-refractivity contribution in [3.05, 3.63) is 29.8 Å². The molecule has 27 heavy (non-hydrogen) atoms. The zero-order valence-electron chi connectivity index (χ0n) is 16.3. The summed E-state index contributed by atoms with van der Waals surface area (Å²) in [5, 5.41) is 9.43. The van der Waals surface area contributed by atoms with Crippen LogP contribution in [-0.2, 0) is 4.79 Å². The maximum atomic E-state index is 12.6. The minimum absolute atomic E-state index is 0.0850. The van der Waals surface area contributed by atoms with Gasteiger partial charge in [0.25, 0.3) is 5.91 Å². The predicted molar refractivity (Wildman–Crippen MR) is 109 cm³/mol. The van der Waals surface area contributed by atoms with E-state index in [1.54, 1.807) is 12.1 Å². The standard InChI is InChI=1S/C22H33N3O2/c26-21(16-23-17-10-4-2-1-3-5-11-17)25-20-15-9-8-14-19(20)22(27)24-18-12-6-7-13-18/h8-9,14-15,17-18,23H,1-7,10-13,16H2,(H,24,27)(H,25,26). The molecule has 5 heteroatoms. The molecular weight excluding hydrogens is 338 g/mol. The highest BCUT2D eigenvalue weighted by Gasteiger charge is 2.20. The second-order valence-electron chi connectivity index (χ2n) is 7.97. The summed E-state index contributed by atoms with van der Waals surface area (Å²) >= 11 is 0. The van der Waals surface area contributed by atoms with Crippen molar-refractivity contribution in [3.8, 4) is 0 Å². The van der Waals surface area contributed by atoms with Crippen LogP contribution in [0.4, 0.5) is 5.69 Å². The Morgan fingerprint density at radius 2 is 1.41 bits per heavy atom. The fourth-order valence-corrected chi connectivity index (χ4v) is 4.22. The average molecular weight is 372 g/mol. The molecule has 3 rings (SSSR count). The lowest BCUT2D eigenvalue weighted by molar-refractivity contribution is -0.115. The quantitative estimate of drug-likeness (QED) is 0.708. The van der Waals surface area contributed by atoms with Gasteiger partial charge in [0.05, 0.1) is 17.8 Å². The van der Waals surface area contributed by atoms with Gasteiger partial charge in [-0.3, -0.25) is 9.59 Å². The summed E-state index contributed by atoms with van der Waals surface area (Å²) < 4.78 is 0. The van der Waals surface area contributed by atoms with Gasteiger partial charge in [-0.15, -0.1) is 0 Å². The van der Waals surface area contributed by atoms with E-state index in [9.17, 15) is 9.59 Å². The number of amides is 2. The van der Waals surface area contributed by atoms with Crippen molar-refractivity contribution in [2.45, 2.75) is 82.7 Å². The van der Waals surface area contributed by atoms with Crippen LogP contribution in [0.1, 0.15) is 81.0 Å². The first kappa shape index (κ1) is 19.9. The summed E-state index contributed by atoms with van der Waals surface area (Å²) in [6.07, 6.45) is 13.2. The highest BCUT2D eigenvalue weighted by Crippen LogP contribution is 2.20. The van der Waals surface area contributed by atoms with E-state index in [1.807, 2.05) is 12.1 Å². The van der Waals surface area contributed by atoms with E-state index >= 15 is 0 Å². The molecule has 0 atom stereocenters. The lowest BCUT2D eigenvalue weighted by atomic mass is 9.97. The minimum Gasteiger partial charge on any atom is -0.349 e. The van der Waals surface area contributed by atoms with Gasteiger partial charge in [0, 0.05) is 12.1 Å². The van der Waals surface area contributed by atoms with Gasteiger partial charge >= 0.3 is 0 Å². The van der Waals surface area contributed by atoms with Crippen LogP contribution < -0.4 is 16.0 Å². The zero-order chi connectivity index (χ0) is 18.9. The van der Waals surface area contributed by atoms with Crippen molar-refractivity contribution in [3.63, 3.8) is 0 Å². The second kappa shape index (κ2) is 10.5. The first-order valence-electron chi connectivity index (χ1n) is 10.7. The Morgan fingerprint density at radius 3 is 2.15 bits per heavy atom. The molecule has 2 aliphatic rings. The van der Waals surface area contributed by atoms with Gasteiger partial charge in [0.2, 0.25) is 5.91 Å². The van der Waals surface area contributed by atoms with Crippen molar-refractivity contribution < 1.29 is 9.59 Å². The number of carbonyl (C=O) groups is 2. The molecule has 0 aromatic heterocycles. The van der Waals surface area contributed by atoms with Gasteiger partial charge in [-0.1, -0.05) is 57.1 Å². The lowest BCUT2D eigenvalue weighted by Crippen LogP contribution is -2.37. The van der Waals surface area contributed by atoms with Crippen LogP contribution in [0.2, 0.25) is 0 Å². The highest BCUT2D eigenvalue weighted by molar-refractivity contribution is 6.04. The number of hydrogen-bond donors (Lipinski definition) is 3. The smallest absolute Gasteiger partial charge is 0.253 e. The van der Waals surface area contributed by atoms with Crippen LogP contribution in [-0.4, -0.2) is 30.4 Å². The molecule has 3 N–H and O–H groups in total. The summed E-state index contributed by atoms with van der Waals surface area (Å²) in [5.74, 6) is -0.177. The van der Waals surface area contributed by atoms with Crippen LogP contribution in [0.25, 0.3) is 0 Å². The Hall–Kier alpha value is -1.88. The molecule has 0 saturated heterocycles. The molecule has 0 bridgehead atoms. The van der Waals surface area contributed by atoms with Gasteiger partial charge in [0.1, 0.15) is 0 Å². The number of hydrogen-bond acceptors (Lipinski definition) is 3. The number of carbonyl (C=O) groups excluding carboxylic acids is 2. The fraction of sp³-hybridized carbons (Fsp3) is 0.636. The molecule has 2 saturated carbocycles. The lowest BCUT2D eigenvalue weighted by Gasteiger charge is -2.21. The zero-order valence-corrected chi connectivity index (χ0v) is 16.3. The molecule has 5 nitrogen and oxygen atoms in total. The van der Waals surface area contributed by atoms with Crippen LogP contribution in [0, 0.1) is 0 Å². The summed E-state index contributed by atoms with van der Waals surface area (Å²) in [6, 6.07) is 7.97. The van der Waals surface area contributed by atoms with Crippen molar-refractivity contribution >= 4 is 17.5 Å². The highest BCUT2D eigenvalue weighted by atomic mass is 16.2. The van der Waals surface area contributed by atoms with E-state index in [-0.39, 0.29) is 17.9 Å². The third-order valence-corrected chi connectivity index (χ3v) is 5.79. The van der Waals surface area contributed by atoms with Gasteiger partial charge in [0.15, 0.2) is 0 Å². The van der Waals surface area contributed by atoms with Gasteiger partial charge in [-0.25, -0.2) is 0 Å². The van der Waals surface area contributed by atoms with Gasteiger partial charge in [-0.05, 0) is 37.8 Å². The fourth-order valence-electron chi connectivity index (χ4n) is 4.22. The Kier molecular flexibility index (Phi) is 7.69. The number of para-hydroxylation sites is 1. The Bertz CT molecular complexity index is 618. The molecule has 0 spiro atoms. The largest absolute Gasteiger partial charge is 0.349 e. The third-order valence-electron chi connectivity index (χ3n) is 5.79. The molecule has 1 aromatic carbocycles. The first-order valence-corrected chi connectivity index (χ1v) is 10.7. The molecule has 2 amide bonds. The molecule has 148 valence electrons. The summed E-state index contributed by atoms with van der Waals surface area (Å²) in [6.45, 7) is 0.295. The van der Waals surface area contributed by atoms with Gasteiger partial charge < -0.3 is 16.0 Å². The molecule has 0 heterocycles. The van der Waals surface area contributed by atoms with Crippen molar-refractivity contribution in [2.75, 3.05) is 11.9 Å². The summed E-state index contributed by atoms with van der Waals surface area (Å²) in [7, 11) is 0. The van der Waals surface area contributed by atoms with E-state index in [0.717, 1.165) is 25.7 Å². The van der Waals surface area contributed by atoms with Gasteiger partial charge in [-0.2, -0.15) is 0 Å². The molecule has 0 radical (unpaired) electrons. The van der Waals surface area contributed by atoms with E-state index in [4.69, 9.17) is 0 Å². The second-order valence-corrected chi connectivity index (χ2v) is 7.97. The molecule has 0 aliphatic heterocycles. The summed E-state index contributed by atoms with van der Waals surface area (Å²) in [4.78, 5) is 25.0. The van der Waals surface area contributed by atoms with E-state index in [2.05, 4.69) is 16.0 Å². The van der Waals surface area contributed by atoms with Crippen molar-refractivity contribution in [1.82, 2.24) is 10.6 Å². The minimum atomic E-state index is -0.0919. The van der Waals surface area contributed by atoms with E-state index in [0.29, 0.717) is 23.8 Å². The van der Waals surface area contributed by atoms with Crippen molar-refractivity contribution in [1.29, 1.82) is 0 Å². The average Bonchev–Trinajstić information content (AvgIpc) is 3.14. The SMILES string of the molecule is O=C(CNC1CCCCCCC1)Nc1ccccc1C(=O)NC1CCCC1. The van der Waals surface area contributed by atoms with Crippen molar-refractivity contribution in [2.24, 2.45) is 0 Å². The van der Waals surface area contributed by atoms with Crippen LogP contribution in [0.3, 0.4) is 0 Å². The third kappa shape index (κ3) is 6.35.